The van der Waals surface area contributed by atoms with Crippen LogP contribution in [0.4, 0.5) is 0 Å². The van der Waals surface area contributed by atoms with Crippen LogP contribution in [0.1, 0.15) is 12.0 Å². The quantitative estimate of drug-likeness (QED) is 0.822. The van der Waals surface area contributed by atoms with E-state index in [1.807, 2.05) is 0 Å². The van der Waals surface area contributed by atoms with Gasteiger partial charge in [0.2, 0.25) is 5.91 Å². The number of carbonyl (C=O) groups excluding carboxylic acids is 1. The Labute approximate surface area is 110 Å². The standard InChI is InChI=1S/C12H14ClNO4/c1-18-10-3-2-8(6-9(10)13)7-11(15)14-5-4-12(16)17/h2-3,6H,4-5,7H2,1H3,(H,14,15)(H,16,17). The molecule has 6 heteroatoms. The smallest absolute Gasteiger partial charge is 0.305 e. The second-order valence-corrected chi connectivity index (χ2v) is 4.05. The molecule has 0 aromatic heterocycles. The van der Waals surface area contributed by atoms with Crippen LogP contribution in [-0.4, -0.2) is 30.6 Å². The first-order chi connectivity index (χ1) is 8.52. The van der Waals surface area contributed by atoms with Crippen molar-refractivity contribution < 1.29 is 19.4 Å². The van der Waals surface area contributed by atoms with E-state index in [4.69, 9.17) is 21.4 Å². The van der Waals surface area contributed by atoms with Gasteiger partial charge in [0, 0.05) is 6.54 Å². The summed E-state index contributed by atoms with van der Waals surface area (Å²) in [6, 6.07) is 5.07. The second-order valence-electron chi connectivity index (χ2n) is 3.64. The monoisotopic (exact) mass is 271 g/mol. The van der Waals surface area contributed by atoms with E-state index in [9.17, 15) is 9.59 Å². The fourth-order valence-electron chi connectivity index (χ4n) is 1.38. The third-order valence-corrected chi connectivity index (χ3v) is 2.54. The topological polar surface area (TPSA) is 75.6 Å². The molecule has 1 aromatic carbocycles. The molecule has 0 heterocycles. The fourth-order valence-corrected chi connectivity index (χ4v) is 1.66. The fraction of sp³-hybridized carbons (Fsp3) is 0.333. The molecule has 0 bridgehead atoms. The third kappa shape index (κ3) is 4.63. The van der Waals surface area contributed by atoms with Gasteiger partial charge in [-0.1, -0.05) is 17.7 Å². The summed E-state index contributed by atoms with van der Waals surface area (Å²) in [5.74, 6) is -0.632. The average Bonchev–Trinajstić information content (AvgIpc) is 2.28. The maximum absolute atomic E-state index is 11.5. The molecular weight excluding hydrogens is 258 g/mol. The van der Waals surface area contributed by atoms with Crippen LogP contribution in [0, 0.1) is 0 Å². The highest BCUT2D eigenvalue weighted by atomic mass is 35.5. The number of ether oxygens (including phenoxy) is 1. The van der Waals surface area contributed by atoms with E-state index in [2.05, 4.69) is 5.32 Å². The molecular formula is C12H14ClNO4. The van der Waals surface area contributed by atoms with E-state index >= 15 is 0 Å². The van der Waals surface area contributed by atoms with Gasteiger partial charge in [0.15, 0.2) is 0 Å². The van der Waals surface area contributed by atoms with Gasteiger partial charge >= 0.3 is 5.97 Å². The van der Waals surface area contributed by atoms with Crippen molar-refractivity contribution in [2.24, 2.45) is 0 Å². The summed E-state index contributed by atoms with van der Waals surface area (Å²) in [5.41, 5.74) is 0.744. The van der Waals surface area contributed by atoms with Crippen molar-refractivity contribution in [2.45, 2.75) is 12.8 Å². The molecule has 18 heavy (non-hydrogen) atoms. The van der Waals surface area contributed by atoms with E-state index in [0.29, 0.717) is 10.8 Å². The van der Waals surface area contributed by atoms with Gasteiger partial charge in [0.05, 0.1) is 25.0 Å². The summed E-state index contributed by atoms with van der Waals surface area (Å²) in [6.45, 7) is 0.123. The van der Waals surface area contributed by atoms with Crippen molar-refractivity contribution in [3.63, 3.8) is 0 Å². The van der Waals surface area contributed by atoms with Crippen molar-refractivity contribution in [3.05, 3.63) is 28.8 Å². The van der Waals surface area contributed by atoms with Crippen LogP contribution in [0.15, 0.2) is 18.2 Å². The van der Waals surface area contributed by atoms with E-state index in [0.717, 1.165) is 5.56 Å². The van der Waals surface area contributed by atoms with Crippen LogP contribution in [0.2, 0.25) is 5.02 Å². The number of methoxy groups -OCH3 is 1. The maximum atomic E-state index is 11.5. The number of hydrogen-bond donors (Lipinski definition) is 2. The van der Waals surface area contributed by atoms with Crippen LogP contribution < -0.4 is 10.1 Å². The molecule has 0 spiro atoms. The largest absolute Gasteiger partial charge is 0.495 e. The van der Waals surface area contributed by atoms with Crippen LogP contribution in [0.5, 0.6) is 5.75 Å². The predicted octanol–water partition coefficient (Wildman–Crippen LogP) is 1.48. The predicted molar refractivity (Wildman–Crippen MR) is 67.0 cm³/mol. The number of carboxylic acid groups (broad SMARTS) is 1. The Morgan fingerprint density at radius 2 is 2.17 bits per heavy atom. The first kappa shape index (κ1) is 14.3. The summed E-state index contributed by atoms with van der Waals surface area (Å²) >= 11 is 5.92. The number of carbonyl (C=O) groups is 2. The van der Waals surface area contributed by atoms with Crippen molar-refractivity contribution in [1.29, 1.82) is 0 Å². The highest BCUT2D eigenvalue weighted by Gasteiger charge is 2.07. The van der Waals surface area contributed by atoms with Crippen molar-refractivity contribution >= 4 is 23.5 Å². The molecule has 0 fully saturated rings. The van der Waals surface area contributed by atoms with E-state index < -0.39 is 5.97 Å². The Morgan fingerprint density at radius 1 is 1.44 bits per heavy atom. The first-order valence-electron chi connectivity index (χ1n) is 5.34. The molecule has 0 aliphatic rings. The lowest BCUT2D eigenvalue weighted by Crippen LogP contribution is -2.27. The summed E-state index contributed by atoms with van der Waals surface area (Å²) in [5, 5.41) is 11.4. The second kappa shape index (κ2) is 6.86. The number of rotatable bonds is 6. The summed E-state index contributed by atoms with van der Waals surface area (Å²) in [6.07, 6.45) is 0.0679. The minimum absolute atomic E-state index is 0.0882. The zero-order chi connectivity index (χ0) is 13.5. The molecule has 2 N–H and O–H groups in total. The van der Waals surface area contributed by atoms with Gasteiger partial charge in [-0.25, -0.2) is 0 Å². The van der Waals surface area contributed by atoms with Gasteiger partial charge in [0.25, 0.3) is 0 Å². The van der Waals surface area contributed by atoms with Gasteiger partial charge in [0.1, 0.15) is 5.75 Å². The number of hydrogen-bond acceptors (Lipinski definition) is 3. The molecule has 0 aliphatic carbocycles. The van der Waals surface area contributed by atoms with Gasteiger partial charge in [-0.2, -0.15) is 0 Å². The minimum atomic E-state index is -0.942. The first-order valence-corrected chi connectivity index (χ1v) is 5.71. The zero-order valence-corrected chi connectivity index (χ0v) is 10.7. The number of halogens is 1. The molecule has 5 nitrogen and oxygen atoms in total. The zero-order valence-electron chi connectivity index (χ0n) is 9.90. The number of aliphatic carboxylic acids is 1. The molecule has 0 radical (unpaired) electrons. The van der Waals surface area contributed by atoms with E-state index in [-0.39, 0.29) is 25.3 Å². The average molecular weight is 272 g/mol. The van der Waals surface area contributed by atoms with E-state index in [1.165, 1.54) is 7.11 Å². The molecule has 1 amide bonds. The van der Waals surface area contributed by atoms with E-state index in [1.54, 1.807) is 18.2 Å². The summed E-state index contributed by atoms with van der Waals surface area (Å²) in [4.78, 5) is 21.8. The van der Waals surface area contributed by atoms with Crippen molar-refractivity contribution in [3.8, 4) is 5.75 Å². The molecule has 0 aliphatic heterocycles. The maximum Gasteiger partial charge on any atom is 0.305 e. The molecule has 1 aromatic rings. The lowest BCUT2D eigenvalue weighted by molar-refractivity contribution is -0.136. The number of benzene rings is 1. The van der Waals surface area contributed by atoms with Crippen LogP contribution in [0.3, 0.4) is 0 Å². The number of nitrogens with one attached hydrogen (secondary N) is 1. The Morgan fingerprint density at radius 3 is 2.72 bits per heavy atom. The summed E-state index contributed by atoms with van der Waals surface area (Å²) < 4.78 is 5.00. The number of carboxylic acids is 1. The SMILES string of the molecule is COc1ccc(CC(=O)NCCC(=O)O)cc1Cl. The van der Waals surface area contributed by atoms with Gasteiger partial charge < -0.3 is 15.2 Å². The lowest BCUT2D eigenvalue weighted by Gasteiger charge is -2.06. The highest BCUT2D eigenvalue weighted by molar-refractivity contribution is 6.32. The van der Waals surface area contributed by atoms with Crippen LogP contribution >= 0.6 is 11.6 Å². The van der Waals surface area contributed by atoms with Gasteiger partial charge in [-0.3, -0.25) is 9.59 Å². The van der Waals surface area contributed by atoms with Gasteiger partial charge in [-0.05, 0) is 17.7 Å². The molecule has 0 unspecified atom stereocenters. The molecule has 1 rings (SSSR count). The third-order valence-electron chi connectivity index (χ3n) is 2.24. The van der Waals surface area contributed by atoms with Gasteiger partial charge in [-0.15, -0.1) is 0 Å². The summed E-state index contributed by atoms with van der Waals surface area (Å²) in [7, 11) is 1.51. The Kier molecular flexibility index (Phi) is 5.45. The van der Waals surface area contributed by atoms with Crippen molar-refractivity contribution in [1.82, 2.24) is 5.32 Å². The Bertz CT molecular complexity index is 448. The molecule has 0 atom stereocenters. The minimum Gasteiger partial charge on any atom is -0.495 e. The van der Waals surface area contributed by atoms with Crippen LogP contribution in [-0.2, 0) is 16.0 Å². The highest BCUT2D eigenvalue weighted by Crippen LogP contribution is 2.24. The number of amides is 1. The normalized spacial score (nSPS) is 9.89. The molecule has 0 saturated heterocycles. The van der Waals surface area contributed by atoms with Crippen LogP contribution in [0.25, 0.3) is 0 Å². The van der Waals surface area contributed by atoms with Crippen molar-refractivity contribution in [2.75, 3.05) is 13.7 Å². The lowest BCUT2D eigenvalue weighted by atomic mass is 10.1. The Hall–Kier alpha value is -1.75. The molecule has 0 saturated carbocycles. The molecule has 98 valence electrons. The Balaban J connectivity index is 2.49.